The number of hydrogen-bond donors (Lipinski definition) is 1. The van der Waals surface area contributed by atoms with Crippen LogP contribution >= 0.6 is 0 Å². The lowest BCUT2D eigenvalue weighted by Gasteiger charge is -2.40. The molecule has 2 unspecified atom stereocenters. The summed E-state index contributed by atoms with van der Waals surface area (Å²) < 4.78 is 5.37. The Balaban J connectivity index is 2.46. The Kier molecular flexibility index (Phi) is 4.81. The molecule has 0 radical (unpaired) electrons. The van der Waals surface area contributed by atoms with Crippen LogP contribution in [0.3, 0.4) is 0 Å². The van der Waals surface area contributed by atoms with E-state index < -0.39 is 5.54 Å². The molecule has 20 heavy (non-hydrogen) atoms. The second kappa shape index (κ2) is 6.40. The average molecular weight is 275 g/mol. The molecule has 0 spiro atoms. The van der Waals surface area contributed by atoms with E-state index in [9.17, 15) is 4.79 Å². The summed E-state index contributed by atoms with van der Waals surface area (Å²) in [5.41, 5.74) is 1.72. The first-order valence-corrected chi connectivity index (χ1v) is 7.67. The topological polar surface area (TPSA) is 38.3 Å². The van der Waals surface area contributed by atoms with E-state index >= 15 is 0 Å². The highest BCUT2D eigenvalue weighted by Crippen LogP contribution is 2.42. The molecule has 0 amide bonds. The van der Waals surface area contributed by atoms with Crippen LogP contribution < -0.4 is 5.32 Å². The third-order valence-electron chi connectivity index (χ3n) is 4.20. The summed E-state index contributed by atoms with van der Waals surface area (Å²) in [4.78, 5) is 12.6. The normalized spacial score (nSPS) is 25.1. The Bertz CT molecular complexity index is 472. The third-order valence-corrected chi connectivity index (χ3v) is 4.20. The predicted octanol–water partition coefficient (Wildman–Crippen LogP) is 3.34. The first kappa shape index (κ1) is 15.0. The van der Waals surface area contributed by atoms with Crippen molar-refractivity contribution in [2.45, 2.75) is 51.5 Å². The van der Waals surface area contributed by atoms with Crippen LogP contribution in [0.15, 0.2) is 24.3 Å². The molecular weight excluding hydrogens is 250 g/mol. The zero-order chi connectivity index (χ0) is 14.6. The van der Waals surface area contributed by atoms with Crippen molar-refractivity contribution in [2.24, 2.45) is 0 Å². The fourth-order valence-corrected chi connectivity index (χ4v) is 3.10. The molecule has 0 saturated heterocycles. The second-order valence-electron chi connectivity index (χ2n) is 5.58. The van der Waals surface area contributed by atoms with Crippen LogP contribution in [-0.4, -0.2) is 19.1 Å². The Labute approximate surface area is 121 Å². The number of esters is 1. The lowest BCUT2D eigenvalue weighted by molar-refractivity contribution is -0.152. The number of ether oxygens (including phenoxy) is 1. The van der Waals surface area contributed by atoms with Crippen LogP contribution in [0.2, 0.25) is 0 Å². The van der Waals surface area contributed by atoms with Gasteiger partial charge in [0, 0.05) is 0 Å². The minimum Gasteiger partial charge on any atom is -0.464 e. The van der Waals surface area contributed by atoms with Crippen LogP contribution in [0.25, 0.3) is 0 Å². The van der Waals surface area contributed by atoms with Crippen molar-refractivity contribution in [2.75, 3.05) is 13.2 Å². The van der Waals surface area contributed by atoms with E-state index in [1.54, 1.807) is 0 Å². The SMILES string of the molecule is CCCNC1(C(=O)OCC)CCC(C)c2ccccc21. The largest absolute Gasteiger partial charge is 0.464 e. The van der Waals surface area contributed by atoms with Gasteiger partial charge in [0.15, 0.2) is 0 Å². The number of benzene rings is 1. The molecule has 110 valence electrons. The maximum absolute atomic E-state index is 12.6. The van der Waals surface area contributed by atoms with E-state index in [4.69, 9.17) is 4.74 Å². The van der Waals surface area contributed by atoms with E-state index in [2.05, 4.69) is 37.4 Å². The van der Waals surface area contributed by atoms with Crippen molar-refractivity contribution in [3.05, 3.63) is 35.4 Å². The van der Waals surface area contributed by atoms with Gasteiger partial charge < -0.3 is 4.74 Å². The molecule has 2 rings (SSSR count). The standard InChI is InChI=1S/C17H25NO2/c1-4-12-18-17(16(19)20-5-2)11-10-13(3)14-8-6-7-9-15(14)17/h6-9,13,18H,4-5,10-12H2,1-3H3. The van der Waals surface area contributed by atoms with Crippen LogP contribution in [0.4, 0.5) is 0 Å². The van der Waals surface area contributed by atoms with E-state index in [-0.39, 0.29) is 5.97 Å². The van der Waals surface area contributed by atoms with Gasteiger partial charge in [0.05, 0.1) is 6.61 Å². The highest BCUT2D eigenvalue weighted by molar-refractivity contribution is 5.83. The lowest BCUT2D eigenvalue weighted by Crippen LogP contribution is -2.52. The molecule has 0 fully saturated rings. The number of rotatable bonds is 5. The molecule has 2 atom stereocenters. The first-order chi connectivity index (χ1) is 9.65. The third kappa shape index (κ3) is 2.59. The van der Waals surface area contributed by atoms with Gasteiger partial charge in [0.1, 0.15) is 5.54 Å². The Morgan fingerprint density at radius 1 is 1.40 bits per heavy atom. The molecule has 1 aromatic rings. The van der Waals surface area contributed by atoms with Gasteiger partial charge in [-0.05, 0) is 49.8 Å². The number of fused-ring (bicyclic) bond motifs is 1. The molecule has 1 aromatic carbocycles. The van der Waals surface area contributed by atoms with Gasteiger partial charge in [0.2, 0.25) is 0 Å². The van der Waals surface area contributed by atoms with Gasteiger partial charge in [-0.25, -0.2) is 4.79 Å². The predicted molar refractivity (Wildman–Crippen MR) is 80.7 cm³/mol. The molecule has 0 bridgehead atoms. The first-order valence-electron chi connectivity index (χ1n) is 7.67. The smallest absolute Gasteiger partial charge is 0.331 e. The maximum atomic E-state index is 12.6. The zero-order valence-corrected chi connectivity index (χ0v) is 12.7. The number of nitrogens with one attached hydrogen (secondary N) is 1. The van der Waals surface area contributed by atoms with E-state index in [0.717, 1.165) is 31.4 Å². The lowest BCUT2D eigenvalue weighted by atomic mass is 9.72. The summed E-state index contributed by atoms with van der Waals surface area (Å²) >= 11 is 0. The van der Waals surface area contributed by atoms with Crippen molar-refractivity contribution >= 4 is 5.97 Å². The Morgan fingerprint density at radius 3 is 2.85 bits per heavy atom. The summed E-state index contributed by atoms with van der Waals surface area (Å²) in [6, 6.07) is 8.28. The van der Waals surface area contributed by atoms with Gasteiger partial charge >= 0.3 is 5.97 Å². The van der Waals surface area contributed by atoms with Crippen molar-refractivity contribution in [1.29, 1.82) is 0 Å². The fraction of sp³-hybridized carbons (Fsp3) is 0.588. The van der Waals surface area contributed by atoms with Gasteiger partial charge in [-0.15, -0.1) is 0 Å². The molecule has 3 nitrogen and oxygen atoms in total. The van der Waals surface area contributed by atoms with E-state index in [0.29, 0.717) is 12.5 Å². The number of carbonyl (C=O) groups is 1. The molecule has 0 heterocycles. The summed E-state index contributed by atoms with van der Waals surface area (Å²) in [5.74, 6) is 0.366. The summed E-state index contributed by atoms with van der Waals surface area (Å²) in [6.07, 6.45) is 2.81. The van der Waals surface area contributed by atoms with Gasteiger partial charge in [-0.2, -0.15) is 0 Å². The average Bonchev–Trinajstić information content (AvgIpc) is 2.47. The van der Waals surface area contributed by atoms with Crippen molar-refractivity contribution in [1.82, 2.24) is 5.32 Å². The highest BCUT2D eigenvalue weighted by atomic mass is 16.5. The van der Waals surface area contributed by atoms with Crippen LogP contribution in [-0.2, 0) is 15.1 Å². The molecule has 1 aliphatic rings. The number of hydrogen-bond acceptors (Lipinski definition) is 3. The van der Waals surface area contributed by atoms with Gasteiger partial charge in [-0.3, -0.25) is 5.32 Å². The maximum Gasteiger partial charge on any atom is 0.331 e. The molecule has 3 heteroatoms. The summed E-state index contributed by atoms with van der Waals surface area (Å²) in [7, 11) is 0. The summed E-state index contributed by atoms with van der Waals surface area (Å²) in [5, 5.41) is 3.47. The number of carbonyl (C=O) groups excluding carboxylic acids is 1. The van der Waals surface area contributed by atoms with E-state index in [1.165, 1.54) is 5.56 Å². The van der Waals surface area contributed by atoms with Crippen LogP contribution in [0.1, 0.15) is 57.1 Å². The quantitative estimate of drug-likeness (QED) is 0.838. The summed E-state index contributed by atoms with van der Waals surface area (Å²) in [6.45, 7) is 7.45. The van der Waals surface area contributed by atoms with Crippen molar-refractivity contribution < 1.29 is 9.53 Å². The molecule has 1 aliphatic carbocycles. The minimum atomic E-state index is -0.658. The van der Waals surface area contributed by atoms with Crippen LogP contribution in [0.5, 0.6) is 0 Å². The fourth-order valence-electron chi connectivity index (χ4n) is 3.10. The molecule has 1 N–H and O–H groups in total. The van der Waals surface area contributed by atoms with Gasteiger partial charge in [0.25, 0.3) is 0 Å². The Morgan fingerprint density at radius 2 is 2.15 bits per heavy atom. The second-order valence-corrected chi connectivity index (χ2v) is 5.58. The molecule has 0 aliphatic heterocycles. The van der Waals surface area contributed by atoms with Gasteiger partial charge in [-0.1, -0.05) is 38.1 Å². The molecule has 0 saturated carbocycles. The molecule has 0 aromatic heterocycles. The van der Waals surface area contributed by atoms with Crippen molar-refractivity contribution in [3.63, 3.8) is 0 Å². The molecular formula is C17H25NO2. The van der Waals surface area contributed by atoms with Crippen molar-refractivity contribution in [3.8, 4) is 0 Å². The Hall–Kier alpha value is -1.35. The minimum absolute atomic E-state index is 0.132. The highest BCUT2D eigenvalue weighted by Gasteiger charge is 2.45. The van der Waals surface area contributed by atoms with E-state index in [1.807, 2.05) is 13.0 Å². The monoisotopic (exact) mass is 275 g/mol. The van der Waals surface area contributed by atoms with Crippen LogP contribution in [0, 0.1) is 0 Å². The zero-order valence-electron chi connectivity index (χ0n) is 12.7.